The number of fused-ring (bicyclic) bond motifs is 2. The average molecular weight is 460 g/mol. The van der Waals surface area contributed by atoms with Crippen molar-refractivity contribution in [1.29, 1.82) is 0 Å². The Kier molecular flexibility index (Phi) is 6.90. The standard InChI is InChI=1S/C31H42NP/c1-3-13-25(14-4-1)33(26-15-5-2-6-16-26)29-20-19-23-11-7-9-17-27(23)30(29)31-28-18-10-8-12-24(28)21-22-32-31/h1-6,13-16,23-24,27-32H,7-12,17-22H2/t23?,24?,27?,28?,29-,30?,31?/m0/s1. The van der Waals surface area contributed by atoms with E-state index in [1.807, 2.05) is 0 Å². The van der Waals surface area contributed by atoms with Gasteiger partial charge in [0.1, 0.15) is 0 Å². The van der Waals surface area contributed by atoms with Gasteiger partial charge in [0.15, 0.2) is 0 Å². The van der Waals surface area contributed by atoms with Crippen molar-refractivity contribution in [2.24, 2.45) is 29.6 Å². The quantitative estimate of drug-likeness (QED) is 0.492. The predicted molar refractivity (Wildman–Crippen MR) is 143 cm³/mol. The maximum Gasteiger partial charge on any atom is 0.0135 e. The van der Waals surface area contributed by atoms with Crippen molar-refractivity contribution >= 4 is 18.5 Å². The van der Waals surface area contributed by atoms with Gasteiger partial charge in [-0.1, -0.05) is 99.2 Å². The highest BCUT2D eigenvalue weighted by atomic mass is 31.1. The van der Waals surface area contributed by atoms with Crippen LogP contribution in [-0.2, 0) is 0 Å². The van der Waals surface area contributed by atoms with E-state index >= 15 is 0 Å². The van der Waals surface area contributed by atoms with Crippen LogP contribution < -0.4 is 15.9 Å². The molecule has 176 valence electrons. The summed E-state index contributed by atoms with van der Waals surface area (Å²) in [7, 11) is -0.330. The van der Waals surface area contributed by atoms with E-state index in [1.165, 1.54) is 77.2 Å². The third-order valence-corrected chi connectivity index (χ3v) is 12.9. The van der Waals surface area contributed by atoms with Gasteiger partial charge in [-0.3, -0.25) is 0 Å². The molecule has 0 amide bonds. The third kappa shape index (κ3) is 4.46. The van der Waals surface area contributed by atoms with E-state index in [9.17, 15) is 0 Å². The zero-order chi connectivity index (χ0) is 22.0. The zero-order valence-corrected chi connectivity index (χ0v) is 21.1. The maximum atomic E-state index is 4.22. The largest absolute Gasteiger partial charge is 0.313 e. The van der Waals surface area contributed by atoms with Gasteiger partial charge in [-0.2, -0.15) is 0 Å². The summed E-state index contributed by atoms with van der Waals surface area (Å²) < 4.78 is 0. The lowest BCUT2D eigenvalue weighted by Gasteiger charge is -2.55. The Labute approximate surface area is 202 Å². The molecule has 6 unspecified atom stereocenters. The van der Waals surface area contributed by atoms with Crippen LogP contribution in [0.1, 0.15) is 70.6 Å². The van der Waals surface area contributed by atoms with E-state index in [2.05, 4.69) is 66.0 Å². The lowest BCUT2D eigenvalue weighted by molar-refractivity contribution is 0.0225. The van der Waals surface area contributed by atoms with E-state index in [-0.39, 0.29) is 7.92 Å². The highest BCUT2D eigenvalue weighted by molar-refractivity contribution is 7.73. The Morgan fingerprint density at radius 3 is 1.82 bits per heavy atom. The van der Waals surface area contributed by atoms with E-state index in [4.69, 9.17) is 0 Å². The summed E-state index contributed by atoms with van der Waals surface area (Å²) in [5.74, 6) is 4.74. The van der Waals surface area contributed by atoms with Crippen LogP contribution in [0.25, 0.3) is 0 Å². The molecule has 7 atom stereocenters. The zero-order valence-electron chi connectivity index (χ0n) is 20.2. The number of hydrogen-bond acceptors (Lipinski definition) is 1. The van der Waals surface area contributed by atoms with Crippen molar-refractivity contribution in [2.75, 3.05) is 6.54 Å². The number of rotatable bonds is 4. The molecule has 33 heavy (non-hydrogen) atoms. The summed E-state index contributed by atoms with van der Waals surface area (Å²) in [6.07, 6.45) is 16.2. The summed E-state index contributed by atoms with van der Waals surface area (Å²) in [6.45, 7) is 1.26. The molecule has 4 fully saturated rings. The topological polar surface area (TPSA) is 12.0 Å². The van der Waals surface area contributed by atoms with Gasteiger partial charge in [0.2, 0.25) is 0 Å². The Morgan fingerprint density at radius 1 is 0.576 bits per heavy atom. The molecule has 1 heterocycles. The summed E-state index contributed by atoms with van der Waals surface area (Å²) in [5.41, 5.74) is 0.822. The van der Waals surface area contributed by atoms with Crippen LogP contribution in [0, 0.1) is 29.6 Å². The van der Waals surface area contributed by atoms with E-state index in [0.29, 0.717) is 0 Å². The molecule has 1 N–H and O–H groups in total. The van der Waals surface area contributed by atoms with Crippen molar-refractivity contribution in [3.05, 3.63) is 60.7 Å². The molecule has 2 aromatic rings. The molecule has 1 aliphatic heterocycles. The molecule has 0 radical (unpaired) electrons. The van der Waals surface area contributed by atoms with Crippen molar-refractivity contribution in [2.45, 2.75) is 82.3 Å². The third-order valence-electron chi connectivity index (χ3n) is 9.88. The monoisotopic (exact) mass is 459 g/mol. The fourth-order valence-electron chi connectivity index (χ4n) is 8.56. The van der Waals surface area contributed by atoms with E-state index in [1.54, 1.807) is 10.6 Å². The van der Waals surface area contributed by atoms with Gasteiger partial charge in [0.25, 0.3) is 0 Å². The molecule has 1 saturated heterocycles. The average Bonchev–Trinajstić information content (AvgIpc) is 2.90. The lowest BCUT2D eigenvalue weighted by Crippen LogP contribution is -2.58. The molecule has 2 aromatic carbocycles. The Bertz CT molecular complexity index is 841. The molecule has 3 aliphatic carbocycles. The minimum absolute atomic E-state index is 0.330. The first-order chi connectivity index (χ1) is 16.4. The summed E-state index contributed by atoms with van der Waals surface area (Å²) in [5, 5.41) is 7.44. The van der Waals surface area contributed by atoms with Gasteiger partial charge in [-0.05, 0) is 92.4 Å². The maximum absolute atomic E-state index is 4.22. The van der Waals surface area contributed by atoms with Crippen molar-refractivity contribution in [3.8, 4) is 0 Å². The normalized spacial score (nSPS) is 36.7. The van der Waals surface area contributed by atoms with Gasteiger partial charge >= 0.3 is 0 Å². The highest BCUT2D eigenvalue weighted by Gasteiger charge is 2.50. The molecule has 4 aliphatic rings. The number of hydrogen-bond donors (Lipinski definition) is 1. The molecule has 0 bridgehead atoms. The van der Waals surface area contributed by atoms with E-state index < -0.39 is 0 Å². The smallest absolute Gasteiger partial charge is 0.0135 e. The predicted octanol–water partition coefficient (Wildman–Crippen LogP) is 6.87. The van der Waals surface area contributed by atoms with Gasteiger partial charge in [-0.15, -0.1) is 0 Å². The van der Waals surface area contributed by atoms with Crippen molar-refractivity contribution < 1.29 is 0 Å². The first kappa shape index (κ1) is 22.3. The first-order valence-corrected chi connectivity index (χ1v) is 15.4. The van der Waals surface area contributed by atoms with Gasteiger partial charge in [-0.25, -0.2) is 0 Å². The molecule has 2 heteroatoms. The summed E-state index contributed by atoms with van der Waals surface area (Å²) in [4.78, 5) is 0. The van der Waals surface area contributed by atoms with E-state index in [0.717, 1.165) is 41.3 Å². The lowest BCUT2D eigenvalue weighted by atomic mass is 9.58. The Hall–Kier alpha value is -1.17. The van der Waals surface area contributed by atoms with Gasteiger partial charge in [0, 0.05) is 6.04 Å². The minimum Gasteiger partial charge on any atom is -0.313 e. The van der Waals surface area contributed by atoms with Gasteiger partial charge in [0.05, 0.1) is 0 Å². The number of benzene rings is 2. The SMILES string of the molecule is c1ccc(P(c2ccccc2)[C@H]2CCC3CCCCC3C2C2NCCC3CCCCC32)cc1. The molecule has 1 nitrogen and oxygen atoms in total. The minimum atomic E-state index is -0.330. The van der Waals surface area contributed by atoms with Crippen LogP contribution in [0.15, 0.2) is 60.7 Å². The van der Waals surface area contributed by atoms with Crippen LogP contribution >= 0.6 is 7.92 Å². The molecule has 6 rings (SSSR count). The summed E-state index contributed by atoms with van der Waals surface area (Å²) >= 11 is 0. The highest BCUT2D eigenvalue weighted by Crippen LogP contribution is 2.57. The Balaban J connectivity index is 1.42. The fourth-order valence-corrected chi connectivity index (χ4v) is 11.8. The molecule has 0 spiro atoms. The second-order valence-electron chi connectivity index (χ2n) is 11.4. The van der Waals surface area contributed by atoms with Crippen LogP contribution in [-0.4, -0.2) is 18.2 Å². The van der Waals surface area contributed by atoms with Crippen LogP contribution in [0.4, 0.5) is 0 Å². The van der Waals surface area contributed by atoms with Crippen molar-refractivity contribution in [3.63, 3.8) is 0 Å². The molecule has 0 aromatic heterocycles. The molecular formula is C31H42NP. The molecule has 3 saturated carbocycles. The second kappa shape index (κ2) is 10.2. The van der Waals surface area contributed by atoms with Crippen molar-refractivity contribution in [1.82, 2.24) is 5.32 Å². The molecular weight excluding hydrogens is 417 g/mol. The first-order valence-electron chi connectivity index (χ1n) is 14.0. The second-order valence-corrected chi connectivity index (χ2v) is 13.9. The van der Waals surface area contributed by atoms with Crippen LogP contribution in [0.5, 0.6) is 0 Å². The van der Waals surface area contributed by atoms with Gasteiger partial charge < -0.3 is 5.32 Å². The van der Waals surface area contributed by atoms with Crippen LogP contribution in [0.2, 0.25) is 0 Å². The number of nitrogens with one attached hydrogen (secondary N) is 1. The number of piperidine rings is 1. The van der Waals surface area contributed by atoms with Crippen LogP contribution in [0.3, 0.4) is 0 Å². The fraction of sp³-hybridized carbons (Fsp3) is 0.613. The Morgan fingerprint density at radius 2 is 1.15 bits per heavy atom. The summed E-state index contributed by atoms with van der Waals surface area (Å²) in [6, 6.07) is 24.1.